The molecule has 0 amide bonds. The topological polar surface area (TPSA) is 113 Å². The van der Waals surface area contributed by atoms with Crippen molar-refractivity contribution >= 4 is 11.9 Å². The lowest BCUT2D eigenvalue weighted by atomic mass is 9.31. The van der Waals surface area contributed by atoms with E-state index in [1.807, 2.05) is 25.1 Å². The SMILES string of the molecule is CCCCC[C@H]1CC[C@@H]([C@]2(C)CC[C@@H](O)[C@]34[C@H]2[C@H](OC(C)=O)C[C@](C)(C=C[C@]3(O)CC[C@H](C)CCCc2ccccc2)[C@]4(O)CCC2=CC(=O)OC2)C1. The molecule has 0 saturated heterocycles. The summed E-state index contributed by atoms with van der Waals surface area (Å²) in [6, 6.07) is 10.5. The molecule has 2 bridgehead atoms. The second-order valence-corrected chi connectivity index (χ2v) is 18.6. The normalized spacial score (nSPS) is 39.7. The number of aliphatic hydroxyl groups is 3. The average molecular weight is 733 g/mol. The summed E-state index contributed by atoms with van der Waals surface area (Å²) in [5.41, 5.74) is -3.68. The van der Waals surface area contributed by atoms with Crippen molar-refractivity contribution in [3.8, 4) is 0 Å². The number of cyclic esters (lactones) is 1. The number of ether oxygens (including phenoxy) is 2. The smallest absolute Gasteiger partial charge is 0.331 e. The van der Waals surface area contributed by atoms with Crippen molar-refractivity contribution in [3.05, 3.63) is 59.7 Å². The highest BCUT2D eigenvalue weighted by Crippen LogP contribution is 2.76. The molecule has 0 aromatic heterocycles. The van der Waals surface area contributed by atoms with Gasteiger partial charge in [0.2, 0.25) is 0 Å². The Morgan fingerprint density at radius 1 is 1.00 bits per heavy atom. The third-order valence-corrected chi connectivity index (χ3v) is 15.3. The van der Waals surface area contributed by atoms with Crippen molar-refractivity contribution < 1.29 is 34.4 Å². The predicted molar refractivity (Wildman–Crippen MR) is 208 cm³/mol. The molecular formula is C46H68O7. The van der Waals surface area contributed by atoms with Crippen LogP contribution in [0.15, 0.2) is 54.1 Å². The van der Waals surface area contributed by atoms with Crippen molar-refractivity contribution in [1.82, 2.24) is 0 Å². The zero-order valence-corrected chi connectivity index (χ0v) is 33.3. The molecule has 7 nitrogen and oxygen atoms in total. The molecule has 0 unspecified atom stereocenters. The van der Waals surface area contributed by atoms with Gasteiger partial charge in [0.1, 0.15) is 12.7 Å². The molecule has 0 radical (unpaired) electrons. The summed E-state index contributed by atoms with van der Waals surface area (Å²) in [5.74, 6) is 0.0721. The Bertz CT molecular complexity index is 1500. The van der Waals surface area contributed by atoms with Gasteiger partial charge in [-0.3, -0.25) is 4.79 Å². The van der Waals surface area contributed by atoms with E-state index < -0.39 is 40.2 Å². The molecule has 11 atom stereocenters. The first-order chi connectivity index (χ1) is 25.2. The number of carbonyl (C=O) groups excluding carboxylic acids is 2. The maximum absolute atomic E-state index is 13.8. The molecule has 6 rings (SSSR count). The van der Waals surface area contributed by atoms with Gasteiger partial charge < -0.3 is 24.8 Å². The number of hydrogen-bond donors (Lipinski definition) is 3. The van der Waals surface area contributed by atoms with E-state index in [0.29, 0.717) is 43.4 Å². The molecule has 3 saturated carbocycles. The van der Waals surface area contributed by atoms with Gasteiger partial charge in [-0.25, -0.2) is 4.79 Å². The first-order valence-electron chi connectivity index (χ1n) is 21.1. The summed E-state index contributed by atoms with van der Waals surface area (Å²) in [5, 5.41) is 40.2. The van der Waals surface area contributed by atoms with Crippen molar-refractivity contribution in [2.45, 2.75) is 167 Å². The fourth-order valence-corrected chi connectivity index (χ4v) is 12.6. The van der Waals surface area contributed by atoms with Crippen molar-refractivity contribution in [1.29, 1.82) is 0 Å². The fraction of sp³-hybridized carbons (Fsp3) is 0.739. The average Bonchev–Trinajstić information content (AvgIpc) is 3.78. The molecule has 53 heavy (non-hydrogen) atoms. The minimum Gasteiger partial charge on any atom is -0.462 e. The number of fused-ring (bicyclic) bond motifs is 1. The molecule has 1 aliphatic heterocycles. The molecule has 294 valence electrons. The van der Waals surface area contributed by atoms with Gasteiger partial charge in [0, 0.05) is 24.3 Å². The predicted octanol–water partition coefficient (Wildman–Crippen LogP) is 8.82. The standard InChI is InChI=1S/C46H68O7/c1-6-7-9-16-35-18-19-37(28-35)43(5)23-22-39(48)46-41(43)38(53-33(3)47)30-42(4,45(46,51)25-21-36-29-40(49)52-31-36)26-27-44(46,50)24-20-32(2)13-12-17-34-14-10-8-11-15-34/h8,10-11,14-15,26-27,29,32,35,37-39,41,48,50-51H,6-7,9,12-13,16-25,28,30-31H2,1-5H3/t32-,35+,37-,38-,39-,41+,42+,43+,44-,45-,46+/m1/s1. The van der Waals surface area contributed by atoms with Gasteiger partial charge in [0.25, 0.3) is 0 Å². The largest absolute Gasteiger partial charge is 0.462 e. The van der Waals surface area contributed by atoms with E-state index >= 15 is 0 Å². The van der Waals surface area contributed by atoms with Crippen LogP contribution < -0.4 is 0 Å². The number of hydrogen-bond acceptors (Lipinski definition) is 7. The highest BCUT2D eigenvalue weighted by Gasteiger charge is 2.81. The molecule has 7 heteroatoms. The molecule has 1 aromatic carbocycles. The Hall–Kier alpha value is -2.48. The summed E-state index contributed by atoms with van der Waals surface area (Å²) in [6.45, 7) is 10.5. The van der Waals surface area contributed by atoms with Gasteiger partial charge in [0.15, 0.2) is 0 Å². The molecule has 1 aromatic rings. The minimum absolute atomic E-state index is 0.195. The van der Waals surface area contributed by atoms with Crippen LogP contribution in [0.2, 0.25) is 0 Å². The van der Waals surface area contributed by atoms with Crippen LogP contribution in [0.4, 0.5) is 0 Å². The van der Waals surface area contributed by atoms with Gasteiger partial charge in [-0.1, -0.05) is 109 Å². The number of esters is 2. The molecule has 3 fully saturated rings. The fourth-order valence-electron chi connectivity index (χ4n) is 12.6. The highest BCUT2D eigenvalue weighted by atomic mass is 16.5. The Balaban J connectivity index is 1.40. The minimum atomic E-state index is -1.56. The molecule has 5 aliphatic rings. The van der Waals surface area contributed by atoms with E-state index in [1.165, 1.54) is 50.7 Å². The van der Waals surface area contributed by atoms with Crippen molar-refractivity contribution in [3.63, 3.8) is 0 Å². The summed E-state index contributed by atoms with van der Waals surface area (Å²) >= 11 is 0. The van der Waals surface area contributed by atoms with E-state index in [9.17, 15) is 24.9 Å². The summed E-state index contributed by atoms with van der Waals surface area (Å²) in [6.07, 6.45) is 18.5. The van der Waals surface area contributed by atoms with Crippen LogP contribution in [-0.2, 0) is 25.5 Å². The number of aliphatic hydroxyl groups excluding tert-OH is 1. The van der Waals surface area contributed by atoms with Crippen LogP contribution in [0.1, 0.15) is 143 Å². The molecule has 3 N–H and O–H groups in total. The third-order valence-electron chi connectivity index (χ3n) is 15.3. The second-order valence-electron chi connectivity index (χ2n) is 18.6. The van der Waals surface area contributed by atoms with Crippen molar-refractivity contribution in [2.24, 2.45) is 39.9 Å². The van der Waals surface area contributed by atoms with Gasteiger partial charge in [-0.2, -0.15) is 0 Å². The maximum Gasteiger partial charge on any atom is 0.331 e. The Kier molecular flexibility index (Phi) is 12.1. The van der Waals surface area contributed by atoms with Crippen molar-refractivity contribution in [2.75, 3.05) is 6.61 Å². The second kappa shape index (κ2) is 15.9. The van der Waals surface area contributed by atoms with E-state index in [4.69, 9.17) is 9.47 Å². The van der Waals surface area contributed by atoms with E-state index in [0.717, 1.165) is 50.5 Å². The van der Waals surface area contributed by atoms with E-state index in [2.05, 4.69) is 45.0 Å². The lowest BCUT2D eigenvalue weighted by Gasteiger charge is -2.76. The van der Waals surface area contributed by atoms with Crippen LogP contribution in [-0.4, -0.2) is 57.3 Å². The molecule has 4 aliphatic carbocycles. The summed E-state index contributed by atoms with van der Waals surface area (Å²) in [7, 11) is 0. The van der Waals surface area contributed by atoms with Gasteiger partial charge >= 0.3 is 11.9 Å². The monoisotopic (exact) mass is 732 g/mol. The zero-order valence-electron chi connectivity index (χ0n) is 33.3. The number of unbranched alkanes of at least 4 members (excludes halogenated alkanes) is 2. The first-order valence-corrected chi connectivity index (χ1v) is 21.1. The number of carbonyl (C=O) groups is 2. The highest BCUT2D eigenvalue weighted by molar-refractivity contribution is 5.85. The van der Waals surface area contributed by atoms with Gasteiger partial charge in [-0.05, 0) is 105 Å². The van der Waals surface area contributed by atoms with Crippen LogP contribution in [0.3, 0.4) is 0 Å². The van der Waals surface area contributed by atoms with Crippen LogP contribution in [0, 0.1) is 39.9 Å². The maximum atomic E-state index is 13.8. The van der Waals surface area contributed by atoms with E-state index in [1.54, 1.807) is 0 Å². The van der Waals surface area contributed by atoms with E-state index in [-0.39, 0.29) is 30.4 Å². The number of benzene rings is 1. The number of aryl methyl sites for hydroxylation is 1. The molecule has 1 heterocycles. The Morgan fingerprint density at radius 3 is 2.47 bits per heavy atom. The third kappa shape index (κ3) is 7.33. The Labute approximate surface area is 319 Å². The first kappa shape index (κ1) is 40.2. The van der Waals surface area contributed by atoms with Crippen LogP contribution in [0.25, 0.3) is 0 Å². The van der Waals surface area contributed by atoms with Crippen LogP contribution in [0.5, 0.6) is 0 Å². The molecular weight excluding hydrogens is 664 g/mol. The van der Waals surface area contributed by atoms with Crippen LogP contribution >= 0.6 is 0 Å². The number of rotatable bonds is 16. The quantitative estimate of drug-likeness (QED) is 0.0885. The Morgan fingerprint density at radius 2 is 1.77 bits per heavy atom. The summed E-state index contributed by atoms with van der Waals surface area (Å²) in [4.78, 5) is 25.1. The van der Waals surface area contributed by atoms with Gasteiger partial charge in [-0.15, -0.1) is 0 Å². The lowest BCUT2D eigenvalue weighted by molar-refractivity contribution is -0.361. The summed E-state index contributed by atoms with van der Waals surface area (Å²) < 4.78 is 11.7. The van der Waals surface area contributed by atoms with Gasteiger partial charge in [0.05, 0.1) is 22.7 Å². The molecule has 1 spiro atoms. The lowest BCUT2D eigenvalue weighted by Crippen LogP contribution is -2.83. The zero-order chi connectivity index (χ0) is 38.1.